The molecule has 3 aromatic rings. The summed E-state index contributed by atoms with van der Waals surface area (Å²) in [5.41, 5.74) is 3.29. The van der Waals surface area contributed by atoms with Gasteiger partial charge in [-0.25, -0.2) is 9.59 Å². The number of rotatable bonds is 8. The number of nitrogens with zero attached hydrogens (tertiary/aromatic N) is 1. The maximum atomic E-state index is 12.7. The van der Waals surface area contributed by atoms with Gasteiger partial charge in [-0.1, -0.05) is 18.2 Å². The van der Waals surface area contributed by atoms with Crippen molar-refractivity contribution in [2.24, 2.45) is 0 Å². The van der Waals surface area contributed by atoms with E-state index in [2.05, 4.69) is 10.6 Å². The predicted molar refractivity (Wildman–Crippen MR) is 133 cm³/mol. The van der Waals surface area contributed by atoms with Crippen LogP contribution in [0.25, 0.3) is 5.69 Å². The summed E-state index contributed by atoms with van der Waals surface area (Å²) in [6, 6.07) is 11.3. The second-order valence-corrected chi connectivity index (χ2v) is 8.66. The van der Waals surface area contributed by atoms with E-state index in [4.69, 9.17) is 9.47 Å². The van der Waals surface area contributed by atoms with Gasteiger partial charge < -0.3 is 24.7 Å². The summed E-state index contributed by atoms with van der Waals surface area (Å²) in [6.07, 6.45) is 0. The molecule has 184 valence electrons. The molecule has 0 fully saturated rings. The van der Waals surface area contributed by atoms with E-state index in [9.17, 15) is 19.2 Å². The van der Waals surface area contributed by atoms with Crippen molar-refractivity contribution in [3.8, 4) is 5.69 Å². The summed E-state index contributed by atoms with van der Waals surface area (Å²) in [5, 5.41) is 5.23. The number of anilines is 1. The minimum absolute atomic E-state index is 0.0986. The molecule has 0 aliphatic rings. The Morgan fingerprint density at radius 1 is 1.00 bits per heavy atom. The Hall–Kier alpha value is -3.92. The van der Waals surface area contributed by atoms with Crippen LogP contribution in [-0.4, -0.2) is 48.6 Å². The van der Waals surface area contributed by atoms with Crippen LogP contribution < -0.4 is 10.6 Å². The molecule has 0 radical (unpaired) electrons. The number of aryl methyl sites for hydroxylation is 1. The first-order valence-electron chi connectivity index (χ1n) is 10.9. The zero-order valence-corrected chi connectivity index (χ0v) is 21.0. The Morgan fingerprint density at radius 3 is 2.31 bits per heavy atom. The Balaban J connectivity index is 1.75. The van der Waals surface area contributed by atoms with Crippen molar-refractivity contribution in [3.63, 3.8) is 0 Å². The van der Waals surface area contributed by atoms with Gasteiger partial charge in [0.25, 0.3) is 11.8 Å². The number of carbonyl (C=O) groups is 4. The summed E-state index contributed by atoms with van der Waals surface area (Å²) in [5.74, 6) is -2.34. The van der Waals surface area contributed by atoms with Crippen molar-refractivity contribution in [2.45, 2.75) is 27.7 Å². The van der Waals surface area contributed by atoms with Gasteiger partial charge in [-0.05, 0) is 51.5 Å². The van der Waals surface area contributed by atoms with Gasteiger partial charge in [0, 0.05) is 24.1 Å². The molecule has 35 heavy (non-hydrogen) atoms. The second kappa shape index (κ2) is 11.0. The van der Waals surface area contributed by atoms with E-state index in [1.807, 2.05) is 41.8 Å². The van der Waals surface area contributed by atoms with E-state index in [1.165, 1.54) is 7.05 Å². The number of nitrogens with one attached hydrogen (secondary N) is 2. The Labute approximate surface area is 207 Å². The van der Waals surface area contributed by atoms with Gasteiger partial charge in [-0.2, -0.15) is 0 Å². The number of hydrogen-bond donors (Lipinski definition) is 2. The number of carbonyl (C=O) groups excluding carboxylic acids is 4. The zero-order chi connectivity index (χ0) is 25.7. The van der Waals surface area contributed by atoms with Gasteiger partial charge in [0.15, 0.2) is 6.61 Å². The van der Waals surface area contributed by atoms with E-state index in [0.717, 1.165) is 22.7 Å². The summed E-state index contributed by atoms with van der Waals surface area (Å²) in [7, 11) is 1.47. The van der Waals surface area contributed by atoms with Crippen molar-refractivity contribution in [1.29, 1.82) is 0 Å². The highest BCUT2D eigenvalue weighted by molar-refractivity contribution is 7.18. The van der Waals surface area contributed by atoms with Crippen LogP contribution in [0.15, 0.2) is 36.4 Å². The van der Waals surface area contributed by atoms with Crippen LogP contribution in [0.5, 0.6) is 0 Å². The fourth-order valence-electron chi connectivity index (χ4n) is 3.70. The van der Waals surface area contributed by atoms with Crippen LogP contribution in [-0.2, 0) is 14.3 Å². The minimum atomic E-state index is -0.656. The molecule has 0 spiro atoms. The van der Waals surface area contributed by atoms with E-state index < -0.39 is 30.4 Å². The Kier molecular flexibility index (Phi) is 8.08. The van der Waals surface area contributed by atoms with Crippen molar-refractivity contribution < 1.29 is 28.7 Å². The molecule has 2 heterocycles. The average Bonchev–Trinajstić information content (AvgIpc) is 3.32. The molecule has 0 saturated heterocycles. The van der Waals surface area contributed by atoms with Gasteiger partial charge in [-0.15, -0.1) is 11.3 Å². The van der Waals surface area contributed by atoms with Gasteiger partial charge in [0.2, 0.25) is 0 Å². The van der Waals surface area contributed by atoms with Gasteiger partial charge in [0.05, 0.1) is 22.6 Å². The third-order valence-corrected chi connectivity index (χ3v) is 6.52. The van der Waals surface area contributed by atoms with Crippen molar-refractivity contribution in [1.82, 2.24) is 9.88 Å². The topological polar surface area (TPSA) is 116 Å². The molecule has 0 unspecified atom stereocenters. The number of thiophene rings is 1. The summed E-state index contributed by atoms with van der Waals surface area (Å²) < 4.78 is 12.2. The number of benzene rings is 1. The predicted octanol–water partition coefficient (Wildman–Crippen LogP) is 3.80. The van der Waals surface area contributed by atoms with E-state index in [-0.39, 0.29) is 22.0 Å². The molecular formula is C25H27N3O6S. The Morgan fingerprint density at radius 2 is 1.69 bits per heavy atom. The largest absolute Gasteiger partial charge is 0.462 e. The van der Waals surface area contributed by atoms with Crippen molar-refractivity contribution in [3.05, 3.63) is 69.4 Å². The maximum Gasteiger partial charge on any atom is 0.341 e. The molecule has 2 amide bonds. The highest BCUT2D eigenvalue weighted by Gasteiger charge is 2.27. The summed E-state index contributed by atoms with van der Waals surface area (Å²) in [4.78, 5) is 50.2. The quantitative estimate of drug-likeness (QED) is 0.458. The SMILES string of the molecule is CCOC(=O)c1c(NC(=O)COC(=O)c2cc(C)n(-c3ccccc3)c2C)sc(C(=O)NC)c1C. The van der Waals surface area contributed by atoms with Gasteiger partial charge in [-0.3, -0.25) is 9.59 Å². The second-order valence-electron chi connectivity index (χ2n) is 7.64. The fourth-order valence-corrected chi connectivity index (χ4v) is 4.85. The summed E-state index contributed by atoms with van der Waals surface area (Å²) in [6.45, 7) is 6.51. The van der Waals surface area contributed by atoms with Crippen LogP contribution in [0, 0.1) is 20.8 Å². The molecule has 2 N–H and O–H groups in total. The molecular weight excluding hydrogens is 470 g/mol. The third kappa shape index (κ3) is 5.43. The first-order valence-corrected chi connectivity index (χ1v) is 11.7. The highest BCUT2D eigenvalue weighted by Crippen LogP contribution is 2.33. The number of hydrogen-bond acceptors (Lipinski definition) is 7. The molecule has 10 heteroatoms. The zero-order valence-electron chi connectivity index (χ0n) is 20.2. The van der Waals surface area contributed by atoms with E-state index >= 15 is 0 Å². The van der Waals surface area contributed by atoms with Crippen LogP contribution in [0.4, 0.5) is 5.00 Å². The third-order valence-electron chi connectivity index (χ3n) is 5.31. The lowest BCUT2D eigenvalue weighted by Gasteiger charge is -2.10. The van der Waals surface area contributed by atoms with Crippen LogP contribution in [0.1, 0.15) is 54.3 Å². The highest BCUT2D eigenvalue weighted by atomic mass is 32.1. The van der Waals surface area contributed by atoms with Crippen molar-refractivity contribution >= 4 is 40.1 Å². The molecule has 0 saturated carbocycles. The normalized spacial score (nSPS) is 10.5. The molecule has 0 aliphatic carbocycles. The number of esters is 2. The van der Waals surface area contributed by atoms with E-state index in [0.29, 0.717) is 16.8 Å². The average molecular weight is 498 g/mol. The number of aromatic nitrogens is 1. The Bertz CT molecular complexity index is 1280. The molecule has 0 atom stereocenters. The van der Waals surface area contributed by atoms with E-state index in [1.54, 1.807) is 26.8 Å². The lowest BCUT2D eigenvalue weighted by molar-refractivity contribution is -0.119. The summed E-state index contributed by atoms with van der Waals surface area (Å²) >= 11 is 0.949. The molecule has 0 bridgehead atoms. The van der Waals surface area contributed by atoms with Crippen molar-refractivity contribution in [2.75, 3.05) is 25.6 Å². The smallest absolute Gasteiger partial charge is 0.341 e. The lowest BCUT2D eigenvalue weighted by Crippen LogP contribution is -2.22. The van der Waals surface area contributed by atoms with Gasteiger partial charge >= 0.3 is 11.9 Å². The molecule has 9 nitrogen and oxygen atoms in total. The molecule has 0 aliphatic heterocycles. The van der Waals surface area contributed by atoms with Crippen LogP contribution in [0.2, 0.25) is 0 Å². The molecule has 1 aromatic carbocycles. The van der Waals surface area contributed by atoms with Gasteiger partial charge in [0.1, 0.15) is 5.00 Å². The number of ether oxygens (including phenoxy) is 2. The standard InChI is InChI=1S/C25H27N3O6S/c1-6-33-25(32)20-15(3)21(22(30)26-5)35-23(20)27-19(29)13-34-24(31)18-12-14(2)28(16(18)4)17-10-8-7-9-11-17/h7-12H,6,13H2,1-5H3,(H,26,30)(H,27,29). The molecule has 3 rings (SSSR count). The number of amides is 2. The fraction of sp³-hybridized carbons (Fsp3) is 0.280. The number of para-hydroxylation sites is 1. The van der Waals surface area contributed by atoms with Crippen LogP contribution >= 0.6 is 11.3 Å². The molecule has 2 aromatic heterocycles. The first kappa shape index (κ1) is 25.7. The monoisotopic (exact) mass is 497 g/mol. The van der Waals surface area contributed by atoms with Crippen LogP contribution in [0.3, 0.4) is 0 Å². The first-order chi connectivity index (χ1) is 16.7. The maximum absolute atomic E-state index is 12.7. The minimum Gasteiger partial charge on any atom is -0.462 e. The lowest BCUT2D eigenvalue weighted by atomic mass is 10.1.